The minimum Gasteiger partial charge on any atom is -0.330 e. The molecule has 0 spiro atoms. The first-order valence-electron chi connectivity index (χ1n) is 9.17. The van der Waals surface area contributed by atoms with Crippen LogP contribution in [-0.4, -0.2) is 6.54 Å². The van der Waals surface area contributed by atoms with E-state index in [0.29, 0.717) is 0 Å². The summed E-state index contributed by atoms with van der Waals surface area (Å²) >= 11 is 0. The van der Waals surface area contributed by atoms with Crippen LogP contribution in [0.1, 0.15) is 104 Å². The minimum atomic E-state index is 0.854. The molecule has 0 saturated carbocycles. The highest BCUT2D eigenvalue weighted by atomic mass is 14.5. The summed E-state index contributed by atoms with van der Waals surface area (Å²) in [6.45, 7) is 5.44. The number of rotatable bonds is 15. The fraction of sp³-hybridized carbons (Fsp3) is 0.895. The Hall–Kier alpha value is -0.300. The number of hydrogen-bond donors (Lipinski definition) is 1. The summed E-state index contributed by atoms with van der Waals surface area (Å²) in [5.41, 5.74) is 7.10. The molecule has 0 radical (unpaired) electrons. The SMILES string of the molecule is CCCCCCCCCC/C=C(\C)CCCCCCN. The van der Waals surface area contributed by atoms with Crippen molar-refractivity contribution in [2.75, 3.05) is 6.54 Å². The van der Waals surface area contributed by atoms with E-state index >= 15 is 0 Å². The third-order valence-electron chi connectivity index (χ3n) is 4.08. The van der Waals surface area contributed by atoms with Crippen LogP contribution >= 0.6 is 0 Å². The van der Waals surface area contributed by atoms with Gasteiger partial charge in [0.2, 0.25) is 0 Å². The quantitative estimate of drug-likeness (QED) is 0.274. The molecule has 20 heavy (non-hydrogen) atoms. The summed E-state index contributed by atoms with van der Waals surface area (Å²) in [4.78, 5) is 0. The molecule has 0 aliphatic carbocycles. The van der Waals surface area contributed by atoms with E-state index in [9.17, 15) is 0 Å². The van der Waals surface area contributed by atoms with Crippen LogP contribution in [0.3, 0.4) is 0 Å². The zero-order valence-corrected chi connectivity index (χ0v) is 14.3. The maximum atomic E-state index is 5.50. The van der Waals surface area contributed by atoms with E-state index in [1.54, 1.807) is 5.57 Å². The Bertz CT molecular complexity index is 208. The summed E-state index contributed by atoms with van der Waals surface area (Å²) in [5, 5.41) is 0. The summed E-state index contributed by atoms with van der Waals surface area (Å²) in [6.07, 6.45) is 21.6. The third-order valence-corrected chi connectivity index (χ3v) is 4.08. The molecule has 1 nitrogen and oxygen atoms in total. The van der Waals surface area contributed by atoms with Crippen molar-refractivity contribution in [3.63, 3.8) is 0 Å². The Morgan fingerprint density at radius 2 is 1.30 bits per heavy atom. The second-order valence-corrected chi connectivity index (χ2v) is 6.27. The van der Waals surface area contributed by atoms with Gasteiger partial charge in [-0.3, -0.25) is 0 Å². The van der Waals surface area contributed by atoms with Crippen LogP contribution in [0.4, 0.5) is 0 Å². The standard InChI is InChI=1S/C19H39N/c1-3-4-5-6-7-8-9-10-13-16-19(2)17-14-11-12-15-18-20/h16H,3-15,17-18,20H2,1-2H3/b19-16+. The fourth-order valence-corrected chi connectivity index (χ4v) is 2.63. The van der Waals surface area contributed by atoms with Crippen LogP contribution in [0, 0.1) is 0 Å². The van der Waals surface area contributed by atoms with Gasteiger partial charge < -0.3 is 5.73 Å². The van der Waals surface area contributed by atoms with Gasteiger partial charge in [0.15, 0.2) is 0 Å². The molecular weight excluding hydrogens is 242 g/mol. The lowest BCUT2D eigenvalue weighted by atomic mass is 10.0. The van der Waals surface area contributed by atoms with Gasteiger partial charge >= 0.3 is 0 Å². The zero-order valence-electron chi connectivity index (χ0n) is 14.3. The molecule has 0 aromatic rings. The summed E-state index contributed by atoms with van der Waals surface area (Å²) in [7, 11) is 0. The van der Waals surface area contributed by atoms with Gasteiger partial charge in [-0.05, 0) is 45.6 Å². The van der Waals surface area contributed by atoms with Crippen molar-refractivity contribution in [1.82, 2.24) is 0 Å². The van der Waals surface area contributed by atoms with E-state index in [1.165, 1.54) is 89.9 Å². The molecule has 0 unspecified atom stereocenters. The number of unbranched alkanes of at least 4 members (excludes halogenated alkanes) is 11. The maximum absolute atomic E-state index is 5.50. The van der Waals surface area contributed by atoms with Gasteiger partial charge in [-0.15, -0.1) is 0 Å². The first-order chi connectivity index (χ1) is 9.81. The Balaban J connectivity index is 3.23. The van der Waals surface area contributed by atoms with E-state index in [0.717, 1.165) is 6.54 Å². The molecule has 0 atom stereocenters. The van der Waals surface area contributed by atoms with Crippen molar-refractivity contribution in [1.29, 1.82) is 0 Å². The van der Waals surface area contributed by atoms with Crippen molar-refractivity contribution in [2.45, 2.75) is 104 Å². The second kappa shape index (κ2) is 16.8. The van der Waals surface area contributed by atoms with Crippen molar-refractivity contribution in [3.05, 3.63) is 11.6 Å². The number of nitrogens with two attached hydrogens (primary N) is 1. The summed E-state index contributed by atoms with van der Waals surface area (Å²) < 4.78 is 0. The molecule has 0 rings (SSSR count). The van der Waals surface area contributed by atoms with Crippen LogP contribution in [0.25, 0.3) is 0 Å². The summed E-state index contributed by atoms with van der Waals surface area (Å²) in [5.74, 6) is 0. The van der Waals surface area contributed by atoms with Gasteiger partial charge in [0.05, 0.1) is 0 Å². The molecule has 0 aliphatic heterocycles. The maximum Gasteiger partial charge on any atom is -0.00773 e. The molecule has 0 bridgehead atoms. The van der Waals surface area contributed by atoms with E-state index < -0.39 is 0 Å². The smallest absolute Gasteiger partial charge is 0.00773 e. The largest absolute Gasteiger partial charge is 0.330 e. The molecule has 0 saturated heterocycles. The molecule has 0 fully saturated rings. The Kier molecular flexibility index (Phi) is 16.5. The Labute approximate surface area is 128 Å². The molecule has 0 heterocycles. The van der Waals surface area contributed by atoms with Crippen molar-refractivity contribution >= 4 is 0 Å². The van der Waals surface area contributed by atoms with Crippen molar-refractivity contribution in [2.24, 2.45) is 5.73 Å². The molecule has 120 valence electrons. The molecule has 2 N–H and O–H groups in total. The Morgan fingerprint density at radius 3 is 1.95 bits per heavy atom. The monoisotopic (exact) mass is 281 g/mol. The summed E-state index contributed by atoms with van der Waals surface area (Å²) in [6, 6.07) is 0. The molecule has 1 heteroatoms. The highest BCUT2D eigenvalue weighted by Crippen LogP contribution is 2.13. The lowest BCUT2D eigenvalue weighted by Crippen LogP contribution is -1.97. The second-order valence-electron chi connectivity index (χ2n) is 6.27. The highest BCUT2D eigenvalue weighted by molar-refractivity contribution is 4.97. The van der Waals surface area contributed by atoms with Crippen molar-refractivity contribution < 1.29 is 0 Å². The predicted molar refractivity (Wildman–Crippen MR) is 93.1 cm³/mol. The zero-order chi connectivity index (χ0) is 14.9. The third kappa shape index (κ3) is 15.8. The number of allylic oxidation sites excluding steroid dienone is 2. The van der Waals surface area contributed by atoms with Crippen LogP contribution < -0.4 is 5.73 Å². The average Bonchev–Trinajstić information content (AvgIpc) is 2.45. The molecular formula is C19H39N. The van der Waals surface area contributed by atoms with Gasteiger partial charge in [0.25, 0.3) is 0 Å². The van der Waals surface area contributed by atoms with Gasteiger partial charge in [-0.2, -0.15) is 0 Å². The lowest BCUT2D eigenvalue weighted by molar-refractivity contribution is 0.577. The van der Waals surface area contributed by atoms with Crippen LogP contribution in [0.2, 0.25) is 0 Å². The topological polar surface area (TPSA) is 26.0 Å². The van der Waals surface area contributed by atoms with Crippen molar-refractivity contribution in [3.8, 4) is 0 Å². The van der Waals surface area contributed by atoms with Gasteiger partial charge in [-0.25, -0.2) is 0 Å². The van der Waals surface area contributed by atoms with Crippen LogP contribution in [-0.2, 0) is 0 Å². The fourth-order valence-electron chi connectivity index (χ4n) is 2.63. The Morgan fingerprint density at radius 1 is 0.750 bits per heavy atom. The normalized spacial score (nSPS) is 12.1. The highest BCUT2D eigenvalue weighted by Gasteiger charge is 1.93. The van der Waals surface area contributed by atoms with E-state index in [1.807, 2.05) is 0 Å². The lowest BCUT2D eigenvalue weighted by Gasteiger charge is -2.03. The van der Waals surface area contributed by atoms with E-state index in [4.69, 9.17) is 5.73 Å². The van der Waals surface area contributed by atoms with Crippen LogP contribution in [0.15, 0.2) is 11.6 Å². The number of hydrogen-bond acceptors (Lipinski definition) is 1. The minimum absolute atomic E-state index is 0.854. The van der Waals surface area contributed by atoms with Crippen LogP contribution in [0.5, 0.6) is 0 Å². The van der Waals surface area contributed by atoms with Gasteiger partial charge in [0.1, 0.15) is 0 Å². The van der Waals surface area contributed by atoms with Gasteiger partial charge in [-0.1, -0.05) is 76.4 Å². The van der Waals surface area contributed by atoms with E-state index in [-0.39, 0.29) is 0 Å². The first-order valence-corrected chi connectivity index (χ1v) is 9.17. The van der Waals surface area contributed by atoms with Gasteiger partial charge in [0, 0.05) is 0 Å². The van der Waals surface area contributed by atoms with E-state index in [2.05, 4.69) is 19.9 Å². The predicted octanol–water partition coefficient (Wildman–Crippen LogP) is 6.37. The molecule has 0 aromatic heterocycles. The average molecular weight is 282 g/mol. The molecule has 0 aliphatic rings. The first kappa shape index (κ1) is 19.7. The molecule has 0 amide bonds. The molecule has 0 aromatic carbocycles.